The number of rotatable bonds is 4. The van der Waals surface area contributed by atoms with E-state index in [4.69, 9.17) is 5.73 Å². The average molecular weight is 373 g/mol. The predicted octanol–water partition coefficient (Wildman–Crippen LogP) is 2.22. The highest BCUT2D eigenvalue weighted by Gasteiger charge is 2.14. The van der Waals surface area contributed by atoms with Crippen LogP contribution in [0.2, 0.25) is 0 Å². The Hall–Kier alpha value is -2.61. The number of nitrogens with one attached hydrogen (secondary N) is 2. The third kappa shape index (κ3) is 5.73. The third-order valence-electron chi connectivity index (χ3n) is 3.51. The summed E-state index contributed by atoms with van der Waals surface area (Å²) in [7, 11) is 0. The van der Waals surface area contributed by atoms with Gasteiger partial charge in [0.15, 0.2) is 5.16 Å². The fourth-order valence-corrected chi connectivity index (χ4v) is 2.83. The topological polar surface area (TPSA) is 110 Å². The van der Waals surface area contributed by atoms with Crippen LogP contribution < -0.4 is 16.6 Å². The Balaban J connectivity index is 1.84. The van der Waals surface area contributed by atoms with Crippen LogP contribution in [-0.2, 0) is 10.2 Å². The minimum atomic E-state index is -0.375. The number of hydrogen-bond acceptors (Lipinski definition) is 6. The van der Waals surface area contributed by atoms with Crippen molar-refractivity contribution in [2.45, 2.75) is 38.3 Å². The Morgan fingerprint density at radius 1 is 1.12 bits per heavy atom. The molecule has 0 spiro atoms. The molecule has 0 atom stereocenters. The zero-order valence-corrected chi connectivity index (χ0v) is 16.1. The van der Waals surface area contributed by atoms with Gasteiger partial charge in [-0.1, -0.05) is 44.7 Å². The summed E-state index contributed by atoms with van der Waals surface area (Å²) in [6.45, 7) is 8.11. The molecule has 0 aliphatic rings. The van der Waals surface area contributed by atoms with Crippen LogP contribution >= 0.6 is 11.8 Å². The Morgan fingerprint density at radius 3 is 2.35 bits per heavy atom. The van der Waals surface area contributed by atoms with Crippen molar-refractivity contribution in [3.8, 4) is 0 Å². The first kappa shape index (κ1) is 19.7. The Bertz CT molecular complexity index is 780. The molecule has 1 aromatic heterocycles. The van der Waals surface area contributed by atoms with Gasteiger partial charge in [-0.25, -0.2) is 9.97 Å². The van der Waals surface area contributed by atoms with E-state index in [1.54, 1.807) is 25.1 Å². The molecule has 2 rings (SSSR count). The molecule has 8 heteroatoms. The summed E-state index contributed by atoms with van der Waals surface area (Å²) < 4.78 is 0. The molecule has 1 heterocycles. The number of aryl methyl sites for hydroxylation is 1. The van der Waals surface area contributed by atoms with Gasteiger partial charge >= 0.3 is 0 Å². The van der Waals surface area contributed by atoms with Crippen LogP contribution in [0.5, 0.6) is 0 Å². The molecule has 0 radical (unpaired) electrons. The van der Waals surface area contributed by atoms with Gasteiger partial charge in [0, 0.05) is 17.3 Å². The fraction of sp³-hybridized carbons (Fsp3) is 0.333. The van der Waals surface area contributed by atoms with E-state index in [1.807, 2.05) is 12.1 Å². The lowest BCUT2D eigenvalue weighted by Crippen LogP contribution is -2.42. The van der Waals surface area contributed by atoms with Crippen molar-refractivity contribution in [2.75, 3.05) is 11.5 Å². The van der Waals surface area contributed by atoms with Gasteiger partial charge in [-0.05, 0) is 30.0 Å². The van der Waals surface area contributed by atoms with Crippen molar-refractivity contribution < 1.29 is 9.59 Å². The molecular weight excluding hydrogens is 350 g/mol. The number of nitrogens with two attached hydrogens (primary N) is 1. The van der Waals surface area contributed by atoms with E-state index in [1.165, 1.54) is 0 Å². The summed E-state index contributed by atoms with van der Waals surface area (Å²) in [6, 6.07) is 8.94. The molecule has 0 aliphatic heterocycles. The normalized spacial score (nSPS) is 11.1. The predicted molar refractivity (Wildman–Crippen MR) is 103 cm³/mol. The smallest absolute Gasteiger partial charge is 0.269 e. The maximum Gasteiger partial charge on any atom is 0.269 e. The van der Waals surface area contributed by atoms with Crippen LogP contribution in [0.3, 0.4) is 0 Å². The molecule has 0 saturated heterocycles. The summed E-state index contributed by atoms with van der Waals surface area (Å²) in [5.74, 6) is -0.322. The maximum atomic E-state index is 12.1. The molecule has 0 bridgehead atoms. The standard InChI is InChI=1S/C18H23N5O2S/c1-11-9-14(19)21-17(20-11)26-10-15(24)22-23-16(25)12-5-7-13(8-6-12)18(2,3)4/h5-9H,10H2,1-4H3,(H,22,24)(H,23,25)(H2,19,20,21). The number of benzene rings is 1. The van der Waals surface area contributed by atoms with Crippen LogP contribution in [0.25, 0.3) is 0 Å². The van der Waals surface area contributed by atoms with Gasteiger partial charge in [0.05, 0.1) is 5.75 Å². The Labute approximate surface area is 157 Å². The highest BCUT2D eigenvalue weighted by atomic mass is 32.2. The summed E-state index contributed by atoms with van der Waals surface area (Å²) in [5, 5.41) is 0.418. The number of hydrazine groups is 1. The number of hydrogen-bond donors (Lipinski definition) is 3. The van der Waals surface area contributed by atoms with Crippen molar-refractivity contribution in [2.24, 2.45) is 0 Å². The lowest BCUT2D eigenvalue weighted by Gasteiger charge is -2.19. The molecule has 7 nitrogen and oxygen atoms in total. The number of carbonyl (C=O) groups is 2. The summed E-state index contributed by atoms with van der Waals surface area (Å²) in [4.78, 5) is 32.2. The fourth-order valence-electron chi connectivity index (χ4n) is 2.12. The number of anilines is 1. The second-order valence-electron chi connectivity index (χ2n) is 6.84. The summed E-state index contributed by atoms with van der Waals surface area (Å²) in [5.41, 5.74) is 12.8. The molecule has 2 amide bonds. The average Bonchev–Trinajstić information content (AvgIpc) is 2.56. The van der Waals surface area contributed by atoms with E-state index >= 15 is 0 Å². The number of thioether (sulfide) groups is 1. The van der Waals surface area contributed by atoms with Gasteiger partial charge in [0.25, 0.3) is 5.91 Å². The van der Waals surface area contributed by atoms with E-state index < -0.39 is 0 Å². The molecule has 4 N–H and O–H groups in total. The lowest BCUT2D eigenvalue weighted by molar-refractivity contribution is -0.119. The highest BCUT2D eigenvalue weighted by Crippen LogP contribution is 2.22. The lowest BCUT2D eigenvalue weighted by atomic mass is 9.87. The SMILES string of the molecule is Cc1cc(N)nc(SCC(=O)NNC(=O)c2ccc(C(C)(C)C)cc2)n1. The first-order valence-electron chi connectivity index (χ1n) is 8.09. The number of carbonyl (C=O) groups excluding carboxylic acids is 2. The van der Waals surface area contributed by atoms with Crippen LogP contribution in [0.4, 0.5) is 5.82 Å². The summed E-state index contributed by atoms with van der Waals surface area (Å²) in [6.07, 6.45) is 0. The van der Waals surface area contributed by atoms with E-state index in [0.717, 1.165) is 23.0 Å². The van der Waals surface area contributed by atoms with Crippen molar-refractivity contribution in [1.82, 2.24) is 20.8 Å². The molecular formula is C18H23N5O2S. The van der Waals surface area contributed by atoms with Crippen molar-refractivity contribution in [1.29, 1.82) is 0 Å². The van der Waals surface area contributed by atoms with Gasteiger partial charge in [0.2, 0.25) is 5.91 Å². The molecule has 0 unspecified atom stereocenters. The van der Waals surface area contributed by atoms with Gasteiger partial charge in [-0.15, -0.1) is 0 Å². The zero-order chi connectivity index (χ0) is 19.3. The van der Waals surface area contributed by atoms with Crippen LogP contribution in [0, 0.1) is 6.92 Å². The zero-order valence-electron chi connectivity index (χ0n) is 15.3. The van der Waals surface area contributed by atoms with Crippen LogP contribution in [0.1, 0.15) is 42.4 Å². The largest absolute Gasteiger partial charge is 0.384 e. The van der Waals surface area contributed by atoms with Gasteiger partial charge in [-0.3, -0.25) is 20.4 Å². The van der Waals surface area contributed by atoms with E-state index in [-0.39, 0.29) is 23.0 Å². The van der Waals surface area contributed by atoms with Gasteiger partial charge in [-0.2, -0.15) is 0 Å². The van der Waals surface area contributed by atoms with Crippen molar-refractivity contribution in [3.63, 3.8) is 0 Å². The number of amides is 2. The van der Waals surface area contributed by atoms with E-state index in [0.29, 0.717) is 16.5 Å². The third-order valence-corrected chi connectivity index (χ3v) is 4.36. The van der Waals surface area contributed by atoms with E-state index in [2.05, 4.69) is 41.6 Å². The van der Waals surface area contributed by atoms with Crippen LogP contribution in [-0.4, -0.2) is 27.5 Å². The quantitative estimate of drug-likeness (QED) is 0.431. The summed E-state index contributed by atoms with van der Waals surface area (Å²) >= 11 is 1.14. The molecule has 0 fully saturated rings. The highest BCUT2D eigenvalue weighted by molar-refractivity contribution is 7.99. The first-order valence-corrected chi connectivity index (χ1v) is 9.07. The van der Waals surface area contributed by atoms with Gasteiger partial charge in [0.1, 0.15) is 5.82 Å². The van der Waals surface area contributed by atoms with Crippen molar-refractivity contribution >= 4 is 29.4 Å². The van der Waals surface area contributed by atoms with Gasteiger partial charge < -0.3 is 5.73 Å². The minimum Gasteiger partial charge on any atom is -0.384 e. The number of nitrogens with zero attached hydrogens (tertiary/aromatic N) is 2. The molecule has 138 valence electrons. The van der Waals surface area contributed by atoms with Crippen LogP contribution in [0.15, 0.2) is 35.5 Å². The first-order chi connectivity index (χ1) is 12.1. The molecule has 0 aliphatic carbocycles. The molecule has 1 aromatic carbocycles. The monoisotopic (exact) mass is 373 g/mol. The second-order valence-corrected chi connectivity index (χ2v) is 7.78. The maximum absolute atomic E-state index is 12.1. The van der Waals surface area contributed by atoms with E-state index in [9.17, 15) is 9.59 Å². The number of nitrogen functional groups attached to an aromatic ring is 1. The second kappa shape index (κ2) is 8.18. The molecule has 26 heavy (non-hydrogen) atoms. The molecule has 0 saturated carbocycles. The minimum absolute atomic E-state index is 0.0156. The molecule has 2 aromatic rings. The van der Waals surface area contributed by atoms with Crippen molar-refractivity contribution in [3.05, 3.63) is 47.2 Å². The Kier molecular flexibility index (Phi) is 6.20. The Morgan fingerprint density at radius 2 is 1.77 bits per heavy atom. The number of aromatic nitrogens is 2.